The normalized spacial score (nSPS) is 14.0. The number of thiophene rings is 1. The van der Waals surface area contributed by atoms with Gasteiger partial charge in [-0.1, -0.05) is 30.3 Å². The zero-order valence-electron chi connectivity index (χ0n) is 17.8. The summed E-state index contributed by atoms with van der Waals surface area (Å²) in [4.78, 5) is 28.0. The average molecular weight is 452 g/mol. The molecule has 2 N–H and O–H groups in total. The lowest BCUT2D eigenvalue weighted by molar-refractivity contribution is -0.118. The number of methoxy groups -OCH3 is 1. The largest absolute Gasteiger partial charge is 0.497 e. The van der Waals surface area contributed by atoms with Crippen LogP contribution in [0.2, 0.25) is 0 Å². The summed E-state index contributed by atoms with van der Waals surface area (Å²) in [7, 11) is 1.59. The summed E-state index contributed by atoms with van der Waals surface area (Å²) in [6, 6.07) is 16.8. The van der Waals surface area contributed by atoms with E-state index in [4.69, 9.17) is 9.47 Å². The van der Waals surface area contributed by atoms with Crippen LogP contribution in [0.5, 0.6) is 5.75 Å². The SMILES string of the molecule is COc1ccc(NC(=O)c2c(-c3ccccc3)csc2NC(=O)CN2CCOCC2)cc1. The number of carbonyl (C=O) groups is 2. The van der Waals surface area contributed by atoms with Gasteiger partial charge in [0.2, 0.25) is 5.91 Å². The molecule has 7 nitrogen and oxygen atoms in total. The van der Waals surface area contributed by atoms with Gasteiger partial charge < -0.3 is 20.1 Å². The highest BCUT2D eigenvalue weighted by Gasteiger charge is 2.23. The van der Waals surface area contributed by atoms with Crippen LogP contribution in [0.3, 0.4) is 0 Å². The van der Waals surface area contributed by atoms with Crippen molar-refractivity contribution in [3.63, 3.8) is 0 Å². The lowest BCUT2D eigenvalue weighted by Gasteiger charge is -2.25. The number of amides is 2. The highest BCUT2D eigenvalue weighted by Crippen LogP contribution is 2.36. The van der Waals surface area contributed by atoms with Crippen molar-refractivity contribution in [3.05, 3.63) is 65.5 Å². The fourth-order valence-electron chi connectivity index (χ4n) is 3.50. The Morgan fingerprint density at radius 3 is 2.44 bits per heavy atom. The van der Waals surface area contributed by atoms with Crippen molar-refractivity contribution in [1.82, 2.24) is 4.90 Å². The minimum Gasteiger partial charge on any atom is -0.497 e. The van der Waals surface area contributed by atoms with Crippen LogP contribution >= 0.6 is 11.3 Å². The van der Waals surface area contributed by atoms with Crippen molar-refractivity contribution in [2.75, 3.05) is 50.6 Å². The maximum atomic E-state index is 13.3. The van der Waals surface area contributed by atoms with E-state index in [2.05, 4.69) is 10.6 Å². The van der Waals surface area contributed by atoms with Gasteiger partial charge in [0.25, 0.3) is 5.91 Å². The molecule has 1 aliphatic heterocycles. The van der Waals surface area contributed by atoms with Gasteiger partial charge in [-0.25, -0.2) is 0 Å². The molecule has 0 unspecified atom stereocenters. The third kappa shape index (κ3) is 5.34. The Labute approximate surface area is 191 Å². The topological polar surface area (TPSA) is 79.9 Å². The Morgan fingerprint density at radius 1 is 1.03 bits per heavy atom. The zero-order chi connectivity index (χ0) is 22.3. The molecule has 3 aromatic rings. The quantitative estimate of drug-likeness (QED) is 0.569. The molecule has 0 aliphatic carbocycles. The maximum Gasteiger partial charge on any atom is 0.259 e. The van der Waals surface area contributed by atoms with E-state index < -0.39 is 0 Å². The fourth-order valence-corrected chi connectivity index (χ4v) is 4.48. The first kappa shape index (κ1) is 22.0. The Kier molecular flexibility index (Phi) is 7.16. The summed E-state index contributed by atoms with van der Waals surface area (Å²) in [6.07, 6.45) is 0. The van der Waals surface area contributed by atoms with Gasteiger partial charge in [0, 0.05) is 29.7 Å². The number of anilines is 2. The van der Waals surface area contributed by atoms with Crippen molar-refractivity contribution < 1.29 is 19.1 Å². The third-order valence-corrected chi connectivity index (χ3v) is 6.07. The van der Waals surface area contributed by atoms with Crippen LogP contribution in [0.4, 0.5) is 10.7 Å². The summed E-state index contributed by atoms with van der Waals surface area (Å²) in [5, 5.41) is 8.32. The Bertz CT molecular complexity index is 1060. The molecule has 166 valence electrons. The monoisotopic (exact) mass is 451 g/mol. The summed E-state index contributed by atoms with van der Waals surface area (Å²) in [6.45, 7) is 2.96. The molecular formula is C24H25N3O4S. The smallest absolute Gasteiger partial charge is 0.259 e. The van der Waals surface area contributed by atoms with Gasteiger partial charge in [0.1, 0.15) is 10.8 Å². The van der Waals surface area contributed by atoms with Gasteiger partial charge in [0.15, 0.2) is 0 Å². The molecule has 0 saturated carbocycles. The summed E-state index contributed by atoms with van der Waals surface area (Å²) in [5.74, 6) is 0.281. The number of rotatable bonds is 7. The molecule has 1 aromatic heterocycles. The molecular weight excluding hydrogens is 426 g/mol. The molecule has 1 aliphatic rings. The second kappa shape index (κ2) is 10.4. The van der Waals surface area contributed by atoms with Crippen LogP contribution in [0.25, 0.3) is 11.1 Å². The number of ether oxygens (including phenoxy) is 2. The van der Waals surface area contributed by atoms with Crippen LogP contribution in [0.15, 0.2) is 60.0 Å². The number of hydrogen-bond donors (Lipinski definition) is 2. The number of morpholine rings is 1. The van der Waals surface area contributed by atoms with E-state index in [1.807, 2.05) is 40.6 Å². The first-order valence-electron chi connectivity index (χ1n) is 10.4. The molecule has 0 radical (unpaired) electrons. The Hall–Kier alpha value is -3.20. The van der Waals surface area contributed by atoms with E-state index in [1.165, 1.54) is 11.3 Å². The fraction of sp³-hybridized carbons (Fsp3) is 0.250. The molecule has 1 fully saturated rings. The molecule has 0 spiro atoms. The molecule has 2 amide bonds. The number of hydrogen-bond acceptors (Lipinski definition) is 6. The predicted molar refractivity (Wildman–Crippen MR) is 127 cm³/mol. The second-order valence-corrected chi connectivity index (χ2v) is 8.22. The van der Waals surface area contributed by atoms with Crippen LogP contribution in [-0.2, 0) is 9.53 Å². The standard InChI is InChI=1S/C24H25N3O4S/c1-30-19-9-7-18(8-10-19)25-23(29)22-20(17-5-3-2-4-6-17)16-32-24(22)26-21(28)15-27-11-13-31-14-12-27/h2-10,16H,11-15H2,1H3,(H,25,29)(H,26,28). The van der Waals surface area contributed by atoms with Crippen LogP contribution in [-0.4, -0.2) is 56.7 Å². The van der Waals surface area contributed by atoms with Gasteiger partial charge in [-0.2, -0.15) is 0 Å². The zero-order valence-corrected chi connectivity index (χ0v) is 18.6. The second-order valence-electron chi connectivity index (χ2n) is 7.34. The minimum atomic E-state index is -0.281. The van der Waals surface area contributed by atoms with Gasteiger partial charge in [-0.05, 0) is 29.8 Å². The predicted octanol–water partition coefficient (Wildman–Crippen LogP) is 3.95. The molecule has 8 heteroatoms. The van der Waals surface area contributed by atoms with Crippen molar-refractivity contribution in [2.45, 2.75) is 0 Å². The number of nitrogens with zero attached hydrogens (tertiary/aromatic N) is 1. The maximum absolute atomic E-state index is 13.3. The summed E-state index contributed by atoms with van der Waals surface area (Å²) in [5.41, 5.74) is 2.79. The van der Waals surface area contributed by atoms with E-state index in [-0.39, 0.29) is 18.4 Å². The van der Waals surface area contributed by atoms with Gasteiger partial charge in [-0.15, -0.1) is 11.3 Å². The molecule has 0 bridgehead atoms. The molecule has 1 saturated heterocycles. The molecule has 0 atom stereocenters. The van der Waals surface area contributed by atoms with E-state index in [0.29, 0.717) is 35.2 Å². The number of nitrogens with one attached hydrogen (secondary N) is 2. The van der Waals surface area contributed by atoms with E-state index >= 15 is 0 Å². The lowest BCUT2D eigenvalue weighted by Crippen LogP contribution is -2.41. The Balaban J connectivity index is 1.57. The molecule has 32 heavy (non-hydrogen) atoms. The van der Waals surface area contributed by atoms with E-state index in [0.717, 1.165) is 24.2 Å². The van der Waals surface area contributed by atoms with E-state index in [9.17, 15) is 9.59 Å². The van der Waals surface area contributed by atoms with Crippen molar-refractivity contribution >= 4 is 33.8 Å². The summed E-state index contributed by atoms with van der Waals surface area (Å²) >= 11 is 1.35. The molecule has 2 aromatic carbocycles. The van der Waals surface area contributed by atoms with Crippen LogP contribution in [0, 0.1) is 0 Å². The average Bonchev–Trinajstić information content (AvgIpc) is 3.24. The van der Waals surface area contributed by atoms with Crippen molar-refractivity contribution in [1.29, 1.82) is 0 Å². The van der Waals surface area contributed by atoms with Crippen LogP contribution < -0.4 is 15.4 Å². The van der Waals surface area contributed by atoms with Gasteiger partial charge in [0.05, 0.1) is 32.4 Å². The minimum absolute atomic E-state index is 0.146. The molecule has 2 heterocycles. The van der Waals surface area contributed by atoms with Crippen molar-refractivity contribution in [3.8, 4) is 16.9 Å². The number of benzene rings is 2. The van der Waals surface area contributed by atoms with E-state index in [1.54, 1.807) is 31.4 Å². The highest BCUT2D eigenvalue weighted by molar-refractivity contribution is 7.15. The van der Waals surface area contributed by atoms with Gasteiger partial charge in [-0.3, -0.25) is 14.5 Å². The van der Waals surface area contributed by atoms with Gasteiger partial charge >= 0.3 is 0 Å². The third-order valence-electron chi connectivity index (χ3n) is 5.17. The highest BCUT2D eigenvalue weighted by atomic mass is 32.1. The number of carbonyl (C=O) groups excluding carboxylic acids is 2. The summed E-state index contributed by atoms with van der Waals surface area (Å²) < 4.78 is 10.5. The van der Waals surface area contributed by atoms with Crippen LogP contribution in [0.1, 0.15) is 10.4 Å². The molecule has 4 rings (SSSR count). The Morgan fingerprint density at radius 2 is 1.75 bits per heavy atom. The lowest BCUT2D eigenvalue weighted by atomic mass is 10.0. The van der Waals surface area contributed by atoms with Crippen molar-refractivity contribution in [2.24, 2.45) is 0 Å². The first-order valence-corrected chi connectivity index (χ1v) is 11.2. The first-order chi connectivity index (χ1) is 15.6.